The van der Waals surface area contributed by atoms with Gasteiger partial charge in [-0.25, -0.2) is 10.1 Å². The molecule has 0 saturated carbocycles. The number of H-pyrrole nitrogens is 1. The number of ether oxygens (including phenoxy) is 2. The van der Waals surface area contributed by atoms with Crippen LogP contribution in [0.4, 0.5) is 0 Å². The third-order valence-electron chi connectivity index (χ3n) is 4.65. The number of hydrazone groups is 1. The highest BCUT2D eigenvalue weighted by atomic mass is 79.9. The van der Waals surface area contributed by atoms with Crippen molar-refractivity contribution in [2.45, 2.75) is 13.3 Å². The maximum absolute atomic E-state index is 13.2. The fraction of sp³-hybridized carbons (Fsp3) is 0.182. The molecule has 2 aromatic carbocycles. The predicted octanol–water partition coefficient (Wildman–Crippen LogP) is 2.81. The molecule has 166 valence electrons. The number of esters is 1. The molecule has 0 saturated heterocycles. The van der Waals surface area contributed by atoms with Crippen molar-refractivity contribution in [2.24, 2.45) is 5.10 Å². The van der Waals surface area contributed by atoms with Crippen LogP contribution >= 0.6 is 15.9 Å². The number of hydrogen-bond acceptors (Lipinski definition) is 6. The summed E-state index contributed by atoms with van der Waals surface area (Å²) < 4.78 is 11.8. The van der Waals surface area contributed by atoms with Crippen LogP contribution < -0.4 is 15.7 Å². The smallest absolute Gasteiger partial charge is 0.311 e. The first-order chi connectivity index (χ1) is 15.3. The van der Waals surface area contributed by atoms with E-state index in [-0.39, 0.29) is 17.7 Å². The number of benzene rings is 2. The Morgan fingerprint density at radius 2 is 1.81 bits per heavy atom. The zero-order valence-electron chi connectivity index (χ0n) is 17.6. The van der Waals surface area contributed by atoms with Crippen LogP contribution in [-0.4, -0.2) is 41.6 Å². The lowest BCUT2D eigenvalue weighted by Gasteiger charge is -2.04. The van der Waals surface area contributed by atoms with Gasteiger partial charge in [-0.1, -0.05) is 12.1 Å². The van der Waals surface area contributed by atoms with Gasteiger partial charge in [0, 0.05) is 4.47 Å². The van der Waals surface area contributed by atoms with Gasteiger partial charge in [0.05, 0.1) is 48.9 Å². The van der Waals surface area contributed by atoms with E-state index in [0.717, 1.165) is 0 Å². The predicted molar refractivity (Wildman–Crippen MR) is 122 cm³/mol. The molecule has 0 aliphatic carbocycles. The van der Waals surface area contributed by atoms with Gasteiger partial charge < -0.3 is 9.47 Å². The molecule has 0 aliphatic rings. The van der Waals surface area contributed by atoms with E-state index in [4.69, 9.17) is 9.47 Å². The fourth-order valence-electron chi connectivity index (χ4n) is 3.01. The Morgan fingerprint density at radius 3 is 2.44 bits per heavy atom. The van der Waals surface area contributed by atoms with Crippen LogP contribution in [0.15, 0.2) is 62.9 Å². The van der Waals surface area contributed by atoms with Gasteiger partial charge in [-0.2, -0.15) is 5.10 Å². The van der Waals surface area contributed by atoms with Crippen molar-refractivity contribution in [3.8, 4) is 11.4 Å². The van der Waals surface area contributed by atoms with Crippen LogP contribution in [0.5, 0.6) is 5.75 Å². The molecule has 0 bridgehead atoms. The zero-order valence-corrected chi connectivity index (χ0v) is 19.2. The van der Waals surface area contributed by atoms with Crippen molar-refractivity contribution in [3.05, 3.63) is 80.2 Å². The number of carbonyl (C=O) groups is 2. The number of halogens is 1. The van der Waals surface area contributed by atoms with Gasteiger partial charge in [0.25, 0.3) is 11.5 Å². The monoisotopic (exact) mass is 500 g/mol. The van der Waals surface area contributed by atoms with Gasteiger partial charge in [0.1, 0.15) is 5.75 Å². The molecule has 2 N–H and O–H groups in total. The molecule has 3 aromatic rings. The van der Waals surface area contributed by atoms with Crippen LogP contribution in [0.2, 0.25) is 0 Å². The molecule has 1 heterocycles. The number of carbonyl (C=O) groups excluding carboxylic acids is 2. The van der Waals surface area contributed by atoms with E-state index in [2.05, 4.69) is 31.6 Å². The molecule has 1 amide bonds. The lowest BCUT2D eigenvalue weighted by atomic mass is 10.1. The molecule has 3 rings (SSSR count). The number of aromatic nitrogens is 2. The van der Waals surface area contributed by atoms with E-state index in [1.807, 2.05) is 0 Å². The quantitative estimate of drug-likeness (QED) is 0.294. The Morgan fingerprint density at radius 1 is 1.12 bits per heavy atom. The van der Waals surface area contributed by atoms with Gasteiger partial charge in [-0.3, -0.25) is 19.5 Å². The molecule has 9 nitrogen and oxygen atoms in total. The standard InChI is InChI=1S/C22H21BrN4O5/c1-13(24-25-21(29)16-6-4-5-7-17(16)23)20-18(12-19(28)32-3)26-27(22(20)30)14-8-10-15(31-2)11-9-14/h4-11,26H,12H2,1-3H3,(H,25,29)/b24-13+. The highest BCUT2D eigenvalue weighted by Gasteiger charge is 2.21. The van der Waals surface area contributed by atoms with Gasteiger partial charge in [0.2, 0.25) is 0 Å². The summed E-state index contributed by atoms with van der Waals surface area (Å²) in [6.45, 7) is 1.57. The lowest BCUT2D eigenvalue weighted by molar-refractivity contribution is -0.139. The summed E-state index contributed by atoms with van der Waals surface area (Å²) in [6, 6.07) is 13.7. The van der Waals surface area contributed by atoms with Crippen molar-refractivity contribution in [3.63, 3.8) is 0 Å². The maximum atomic E-state index is 13.2. The van der Waals surface area contributed by atoms with Crippen molar-refractivity contribution in [2.75, 3.05) is 14.2 Å². The number of methoxy groups -OCH3 is 2. The number of aromatic amines is 1. The SMILES string of the molecule is COC(=O)Cc1[nH]n(-c2ccc(OC)cc2)c(=O)c1/C(C)=N/NC(=O)c1ccccc1Br. The summed E-state index contributed by atoms with van der Waals surface area (Å²) in [5, 5.41) is 7.03. The van der Waals surface area contributed by atoms with E-state index >= 15 is 0 Å². The topological polar surface area (TPSA) is 115 Å². The van der Waals surface area contributed by atoms with E-state index in [9.17, 15) is 14.4 Å². The molecule has 0 fully saturated rings. The maximum Gasteiger partial charge on any atom is 0.311 e. The van der Waals surface area contributed by atoms with Crippen molar-refractivity contribution < 1.29 is 19.1 Å². The Bertz CT molecular complexity index is 1230. The minimum atomic E-state index is -0.528. The first kappa shape index (κ1) is 23.0. The average Bonchev–Trinajstić information content (AvgIpc) is 3.13. The molecule has 0 spiro atoms. The van der Waals surface area contributed by atoms with Gasteiger partial charge >= 0.3 is 5.97 Å². The highest BCUT2D eigenvalue weighted by molar-refractivity contribution is 9.10. The zero-order chi connectivity index (χ0) is 23.3. The second-order valence-corrected chi connectivity index (χ2v) is 7.53. The first-order valence-corrected chi connectivity index (χ1v) is 10.3. The van der Waals surface area contributed by atoms with Crippen LogP contribution in [0, 0.1) is 0 Å². The fourth-order valence-corrected chi connectivity index (χ4v) is 3.47. The molecule has 32 heavy (non-hydrogen) atoms. The number of rotatable bonds is 7. The van der Waals surface area contributed by atoms with E-state index in [1.54, 1.807) is 62.6 Å². The van der Waals surface area contributed by atoms with Crippen molar-refractivity contribution in [1.29, 1.82) is 0 Å². The van der Waals surface area contributed by atoms with Crippen LogP contribution in [0.25, 0.3) is 5.69 Å². The second kappa shape index (κ2) is 10.1. The van der Waals surface area contributed by atoms with Crippen molar-refractivity contribution >= 4 is 33.5 Å². The number of nitrogens with zero attached hydrogens (tertiary/aromatic N) is 2. The molecule has 0 radical (unpaired) electrons. The number of hydrogen-bond donors (Lipinski definition) is 2. The Labute approximate surface area is 192 Å². The first-order valence-electron chi connectivity index (χ1n) is 9.50. The molecular weight excluding hydrogens is 480 g/mol. The minimum absolute atomic E-state index is 0.165. The van der Waals surface area contributed by atoms with Crippen LogP contribution in [-0.2, 0) is 16.0 Å². The van der Waals surface area contributed by atoms with Crippen LogP contribution in [0.3, 0.4) is 0 Å². The number of amides is 1. The van der Waals surface area contributed by atoms with E-state index in [1.165, 1.54) is 11.8 Å². The molecular formula is C22H21BrN4O5. The third kappa shape index (κ3) is 4.97. The Hall–Kier alpha value is -3.66. The largest absolute Gasteiger partial charge is 0.497 e. The summed E-state index contributed by atoms with van der Waals surface area (Å²) >= 11 is 3.32. The van der Waals surface area contributed by atoms with Gasteiger partial charge in [-0.05, 0) is 59.3 Å². The molecule has 10 heteroatoms. The molecule has 0 atom stereocenters. The number of nitrogens with one attached hydrogen (secondary N) is 2. The normalized spacial score (nSPS) is 11.2. The highest BCUT2D eigenvalue weighted by Crippen LogP contribution is 2.17. The Kier molecular flexibility index (Phi) is 7.26. The minimum Gasteiger partial charge on any atom is -0.497 e. The van der Waals surface area contributed by atoms with Gasteiger partial charge in [-0.15, -0.1) is 0 Å². The third-order valence-corrected chi connectivity index (χ3v) is 5.34. The Balaban J connectivity index is 1.98. The van der Waals surface area contributed by atoms with Gasteiger partial charge in [0.15, 0.2) is 0 Å². The van der Waals surface area contributed by atoms with E-state index < -0.39 is 17.4 Å². The van der Waals surface area contributed by atoms with Crippen LogP contribution in [0.1, 0.15) is 28.5 Å². The summed E-state index contributed by atoms with van der Waals surface area (Å²) in [7, 11) is 2.81. The molecule has 1 aromatic heterocycles. The second-order valence-electron chi connectivity index (χ2n) is 6.67. The summed E-state index contributed by atoms with van der Waals surface area (Å²) in [5.74, 6) is -0.340. The summed E-state index contributed by atoms with van der Waals surface area (Å²) in [6.07, 6.45) is -0.171. The van der Waals surface area contributed by atoms with E-state index in [0.29, 0.717) is 27.2 Å². The molecule has 0 aliphatic heterocycles. The summed E-state index contributed by atoms with van der Waals surface area (Å²) in [5.41, 5.74) is 3.67. The lowest BCUT2D eigenvalue weighted by Crippen LogP contribution is -2.24. The molecule has 0 unspecified atom stereocenters. The summed E-state index contributed by atoms with van der Waals surface area (Å²) in [4.78, 5) is 37.5. The average molecular weight is 501 g/mol. The van der Waals surface area contributed by atoms with Crippen molar-refractivity contribution in [1.82, 2.24) is 15.2 Å².